The van der Waals surface area contributed by atoms with Gasteiger partial charge < -0.3 is 20.5 Å². The van der Waals surface area contributed by atoms with Crippen LogP contribution in [-0.2, 0) is 11.4 Å². The van der Waals surface area contributed by atoms with Crippen molar-refractivity contribution in [1.82, 2.24) is 5.32 Å². The average molecular weight is 377 g/mol. The van der Waals surface area contributed by atoms with E-state index in [2.05, 4.69) is 5.32 Å². The highest BCUT2D eigenvalue weighted by Crippen LogP contribution is 2.31. The Morgan fingerprint density at radius 2 is 1.65 bits per heavy atom. The fourth-order valence-corrected chi connectivity index (χ4v) is 2.54. The van der Waals surface area contributed by atoms with E-state index in [0.29, 0.717) is 30.6 Å². The first-order chi connectivity index (χ1) is 12.2. The van der Waals surface area contributed by atoms with E-state index in [-0.39, 0.29) is 31.0 Å². The Hall–Kier alpha value is -2.24. The van der Waals surface area contributed by atoms with Crippen molar-refractivity contribution < 1.29 is 14.3 Å². The highest BCUT2D eigenvalue weighted by Gasteiger charge is 2.28. The minimum atomic E-state index is -0.172. The number of nitrogens with two attached hydrogens (primary N) is 1. The summed E-state index contributed by atoms with van der Waals surface area (Å²) in [5.74, 6) is 1.57. The minimum Gasteiger partial charge on any atom is -0.485 e. The Bertz CT molecular complexity index is 692. The molecular formula is C20H25ClN2O3. The van der Waals surface area contributed by atoms with Crippen molar-refractivity contribution in [2.75, 3.05) is 13.2 Å². The molecular weight excluding hydrogens is 352 g/mol. The number of nitrogens with one attached hydrogen (secondary N) is 1. The normalized spacial score (nSPS) is 14.0. The number of carbonyl (C=O) groups is 1. The molecule has 1 aliphatic carbocycles. The molecule has 3 N–H and O–H groups in total. The molecule has 1 atom stereocenters. The van der Waals surface area contributed by atoms with Crippen molar-refractivity contribution in [1.29, 1.82) is 0 Å². The van der Waals surface area contributed by atoms with Gasteiger partial charge in [0.25, 0.3) is 5.91 Å². The summed E-state index contributed by atoms with van der Waals surface area (Å²) in [6.45, 7) is 0.895. The Kier molecular flexibility index (Phi) is 7.75. The second kappa shape index (κ2) is 10.0. The third-order valence-electron chi connectivity index (χ3n) is 4.21. The van der Waals surface area contributed by atoms with Crippen LogP contribution in [0.5, 0.6) is 11.5 Å². The van der Waals surface area contributed by atoms with Crippen molar-refractivity contribution in [2.45, 2.75) is 25.5 Å². The summed E-state index contributed by atoms with van der Waals surface area (Å²) in [6.07, 6.45) is 2.33. The summed E-state index contributed by atoms with van der Waals surface area (Å²) >= 11 is 0. The van der Waals surface area contributed by atoms with E-state index >= 15 is 0 Å². The summed E-state index contributed by atoms with van der Waals surface area (Å²) in [7, 11) is 0. The maximum absolute atomic E-state index is 11.9. The maximum atomic E-state index is 11.9. The standard InChI is InChI=1S/C20H24N2O3.ClH/c21-17(16-10-11-16)12-22-20(23)14-25-19-9-5-4-8-18(19)24-13-15-6-2-1-3-7-15;/h1-9,16-17H,10-14,21H2,(H,22,23);1H. The monoisotopic (exact) mass is 376 g/mol. The molecule has 0 aliphatic heterocycles. The summed E-state index contributed by atoms with van der Waals surface area (Å²) in [4.78, 5) is 11.9. The van der Waals surface area contributed by atoms with Crippen LogP contribution >= 0.6 is 12.4 Å². The number of carbonyl (C=O) groups excluding carboxylic acids is 1. The molecule has 5 nitrogen and oxygen atoms in total. The second-order valence-corrected chi connectivity index (χ2v) is 6.32. The van der Waals surface area contributed by atoms with Gasteiger partial charge in [-0.05, 0) is 36.5 Å². The van der Waals surface area contributed by atoms with Gasteiger partial charge in [0, 0.05) is 12.6 Å². The third-order valence-corrected chi connectivity index (χ3v) is 4.21. The predicted molar refractivity (Wildman–Crippen MR) is 104 cm³/mol. The molecule has 1 aliphatic rings. The van der Waals surface area contributed by atoms with Crippen LogP contribution in [-0.4, -0.2) is 25.1 Å². The quantitative estimate of drug-likeness (QED) is 0.705. The zero-order chi connectivity index (χ0) is 17.5. The molecule has 140 valence electrons. The molecule has 3 rings (SSSR count). The molecule has 1 amide bonds. The minimum absolute atomic E-state index is 0. The molecule has 0 aromatic heterocycles. The Balaban J connectivity index is 0.00000243. The number of para-hydroxylation sites is 2. The SMILES string of the molecule is Cl.NC(CNC(=O)COc1ccccc1OCc1ccccc1)C1CC1. The largest absolute Gasteiger partial charge is 0.485 e. The van der Waals surface area contributed by atoms with Crippen molar-refractivity contribution in [3.05, 3.63) is 60.2 Å². The first kappa shape index (κ1) is 20.1. The Morgan fingerprint density at radius 1 is 1.04 bits per heavy atom. The molecule has 1 fully saturated rings. The number of benzene rings is 2. The van der Waals surface area contributed by atoms with Crippen molar-refractivity contribution in [2.24, 2.45) is 11.7 Å². The van der Waals surface area contributed by atoms with Crippen LogP contribution in [0.3, 0.4) is 0 Å². The highest BCUT2D eigenvalue weighted by molar-refractivity contribution is 5.85. The van der Waals surface area contributed by atoms with Crippen molar-refractivity contribution in [3.63, 3.8) is 0 Å². The van der Waals surface area contributed by atoms with E-state index in [4.69, 9.17) is 15.2 Å². The molecule has 26 heavy (non-hydrogen) atoms. The van der Waals surface area contributed by atoms with Gasteiger partial charge in [0.15, 0.2) is 18.1 Å². The van der Waals surface area contributed by atoms with Gasteiger partial charge in [0.2, 0.25) is 0 Å². The Morgan fingerprint density at radius 3 is 2.31 bits per heavy atom. The smallest absolute Gasteiger partial charge is 0.257 e. The summed E-state index contributed by atoms with van der Waals surface area (Å²) < 4.78 is 11.4. The van der Waals surface area contributed by atoms with E-state index in [0.717, 1.165) is 5.56 Å². The fourth-order valence-electron chi connectivity index (χ4n) is 2.54. The van der Waals surface area contributed by atoms with Gasteiger partial charge in [-0.3, -0.25) is 4.79 Å². The molecule has 1 saturated carbocycles. The lowest BCUT2D eigenvalue weighted by Crippen LogP contribution is -2.40. The van der Waals surface area contributed by atoms with E-state index < -0.39 is 0 Å². The lowest BCUT2D eigenvalue weighted by Gasteiger charge is -2.14. The van der Waals surface area contributed by atoms with Crippen LogP contribution in [0.15, 0.2) is 54.6 Å². The van der Waals surface area contributed by atoms with Gasteiger partial charge in [-0.15, -0.1) is 12.4 Å². The van der Waals surface area contributed by atoms with Gasteiger partial charge in [-0.2, -0.15) is 0 Å². The molecule has 0 bridgehead atoms. The number of amides is 1. The van der Waals surface area contributed by atoms with Crippen LogP contribution < -0.4 is 20.5 Å². The molecule has 0 saturated heterocycles. The first-order valence-corrected chi connectivity index (χ1v) is 8.63. The van der Waals surface area contributed by atoms with Gasteiger partial charge in [-0.25, -0.2) is 0 Å². The average Bonchev–Trinajstić information content (AvgIpc) is 3.49. The number of halogens is 1. The Labute approximate surface area is 160 Å². The van der Waals surface area contributed by atoms with Gasteiger partial charge in [-0.1, -0.05) is 42.5 Å². The predicted octanol–water partition coefficient (Wildman–Crippen LogP) is 2.92. The van der Waals surface area contributed by atoms with Crippen LogP contribution in [0.1, 0.15) is 18.4 Å². The maximum Gasteiger partial charge on any atom is 0.257 e. The number of hydrogen-bond donors (Lipinski definition) is 2. The number of hydrogen-bond acceptors (Lipinski definition) is 4. The molecule has 6 heteroatoms. The van der Waals surface area contributed by atoms with E-state index in [1.54, 1.807) is 6.07 Å². The van der Waals surface area contributed by atoms with Crippen LogP contribution in [0.4, 0.5) is 0 Å². The lowest BCUT2D eigenvalue weighted by atomic mass is 10.2. The van der Waals surface area contributed by atoms with Crippen LogP contribution in [0, 0.1) is 5.92 Å². The number of ether oxygens (including phenoxy) is 2. The molecule has 2 aromatic carbocycles. The van der Waals surface area contributed by atoms with E-state index in [9.17, 15) is 4.79 Å². The van der Waals surface area contributed by atoms with Gasteiger partial charge in [0.05, 0.1) is 0 Å². The number of rotatable bonds is 9. The zero-order valence-corrected chi connectivity index (χ0v) is 15.4. The molecule has 1 unspecified atom stereocenters. The zero-order valence-electron chi connectivity index (χ0n) is 14.6. The molecule has 0 heterocycles. The molecule has 0 radical (unpaired) electrons. The van der Waals surface area contributed by atoms with Gasteiger partial charge >= 0.3 is 0 Å². The molecule has 0 spiro atoms. The topological polar surface area (TPSA) is 73.6 Å². The van der Waals surface area contributed by atoms with Crippen LogP contribution in [0.2, 0.25) is 0 Å². The fraction of sp³-hybridized carbons (Fsp3) is 0.350. The third kappa shape index (κ3) is 6.24. The van der Waals surface area contributed by atoms with E-state index in [1.807, 2.05) is 48.5 Å². The lowest BCUT2D eigenvalue weighted by molar-refractivity contribution is -0.123. The summed E-state index contributed by atoms with van der Waals surface area (Å²) in [5, 5.41) is 2.82. The first-order valence-electron chi connectivity index (χ1n) is 8.63. The van der Waals surface area contributed by atoms with Crippen molar-refractivity contribution in [3.8, 4) is 11.5 Å². The van der Waals surface area contributed by atoms with Crippen LogP contribution in [0.25, 0.3) is 0 Å². The molecule has 2 aromatic rings. The van der Waals surface area contributed by atoms with Gasteiger partial charge in [0.1, 0.15) is 6.61 Å². The summed E-state index contributed by atoms with van der Waals surface area (Å²) in [5.41, 5.74) is 7.05. The highest BCUT2D eigenvalue weighted by atomic mass is 35.5. The van der Waals surface area contributed by atoms with E-state index in [1.165, 1.54) is 12.8 Å². The van der Waals surface area contributed by atoms with Crippen molar-refractivity contribution >= 4 is 18.3 Å². The second-order valence-electron chi connectivity index (χ2n) is 6.32. The summed E-state index contributed by atoms with van der Waals surface area (Å²) in [6, 6.07) is 17.3.